The molecule has 0 atom stereocenters. The fraction of sp³-hybridized carbons (Fsp3) is 0.640. The molecule has 0 radical (unpaired) electrons. The number of hydrogen-bond donors (Lipinski definition) is 1. The van der Waals surface area contributed by atoms with Gasteiger partial charge < -0.3 is 24.3 Å². The number of carbonyl (C=O) groups excluding carboxylic acids is 1. The summed E-state index contributed by atoms with van der Waals surface area (Å²) in [4.78, 5) is 17.9. The van der Waals surface area contributed by atoms with Gasteiger partial charge in [-0.1, -0.05) is 20.3 Å². The molecule has 170 valence electrons. The highest BCUT2D eigenvalue weighted by atomic mass is 16.5. The van der Waals surface area contributed by atoms with Crippen molar-refractivity contribution < 1.29 is 13.9 Å². The monoisotopic (exact) mass is 427 g/mol. The maximum absolute atomic E-state index is 12.7. The van der Waals surface area contributed by atoms with Gasteiger partial charge >= 0.3 is 0 Å². The highest BCUT2D eigenvalue weighted by Crippen LogP contribution is 2.25. The number of rotatable bonds is 8. The van der Waals surface area contributed by atoms with Crippen molar-refractivity contribution in [3.63, 3.8) is 0 Å². The Morgan fingerprint density at radius 2 is 1.77 bits per heavy atom. The Hall–Kier alpha value is -2.05. The number of hydrogen-bond acceptors (Lipinski definition) is 5. The molecule has 0 unspecified atom stereocenters. The van der Waals surface area contributed by atoms with Gasteiger partial charge in [-0.15, -0.1) is 0 Å². The molecule has 6 heteroatoms. The summed E-state index contributed by atoms with van der Waals surface area (Å²) in [6.45, 7) is 11.9. The predicted molar refractivity (Wildman–Crippen MR) is 124 cm³/mol. The standard InChI is InChI=1S/C25H37N3O3/c1-19(2)18-30-22-6-7-23-20(16-22)17-24(31-23)25(29)26-21-8-12-28(13-9-21)15-14-27-10-4-3-5-11-27/h6-7,16-17,19,21H,3-5,8-15,18H2,1-2H3,(H,26,29). The molecule has 0 aliphatic carbocycles. The van der Waals surface area contributed by atoms with Crippen LogP contribution in [0.15, 0.2) is 28.7 Å². The number of benzene rings is 1. The van der Waals surface area contributed by atoms with E-state index < -0.39 is 0 Å². The third kappa shape index (κ3) is 6.23. The van der Waals surface area contributed by atoms with E-state index in [2.05, 4.69) is 29.0 Å². The van der Waals surface area contributed by atoms with Crippen LogP contribution in [0.2, 0.25) is 0 Å². The summed E-state index contributed by atoms with van der Waals surface area (Å²) in [6, 6.07) is 7.76. The third-order valence-electron chi connectivity index (χ3n) is 6.40. The zero-order valence-electron chi connectivity index (χ0n) is 19.1. The summed E-state index contributed by atoms with van der Waals surface area (Å²) in [5, 5.41) is 4.08. The van der Waals surface area contributed by atoms with Gasteiger partial charge in [0, 0.05) is 37.6 Å². The van der Waals surface area contributed by atoms with E-state index in [0.29, 0.717) is 18.3 Å². The molecule has 0 spiro atoms. The molecule has 6 nitrogen and oxygen atoms in total. The fourth-order valence-corrected chi connectivity index (χ4v) is 4.51. The first-order chi connectivity index (χ1) is 15.1. The second kappa shape index (κ2) is 10.5. The van der Waals surface area contributed by atoms with Crippen molar-refractivity contribution in [2.45, 2.75) is 52.0 Å². The lowest BCUT2D eigenvalue weighted by molar-refractivity contribution is 0.0879. The van der Waals surface area contributed by atoms with Crippen LogP contribution < -0.4 is 10.1 Å². The van der Waals surface area contributed by atoms with Crippen LogP contribution in [0.3, 0.4) is 0 Å². The Kier molecular flexibility index (Phi) is 7.51. The number of amides is 1. The molecule has 1 aromatic heterocycles. The summed E-state index contributed by atoms with van der Waals surface area (Å²) >= 11 is 0. The molecule has 0 bridgehead atoms. The van der Waals surface area contributed by atoms with Crippen LogP contribution >= 0.6 is 0 Å². The minimum Gasteiger partial charge on any atom is -0.493 e. The second-order valence-electron chi connectivity index (χ2n) is 9.51. The zero-order valence-corrected chi connectivity index (χ0v) is 19.1. The average Bonchev–Trinajstić information content (AvgIpc) is 3.21. The van der Waals surface area contributed by atoms with Crippen LogP contribution in [0.1, 0.15) is 56.5 Å². The van der Waals surface area contributed by atoms with Gasteiger partial charge in [-0.25, -0.2) is 0 Å². The minimum atomic E-state index is -0.118. The fourth-order valence-electron chi connectivity index (χ4n) is 4.51. The molecule has 2 saturated heterocycles. The summed E-state index contributed by atoms with van der Waals surface area (Å²) in [6.07, 6.45) is 6.09. The Balaban J connectivity index is 1.24. The third-order valence-corrected chi connectivity index (χ3v) is 6.40. The molecule has 1 aromatic carbocycles. The van der Waals surface area contributed by atoms with E-state index in [1.165, 1.54) is 38.9 Å². The van der Waals surface area contributed by atoms with Crippen molar-refractivity contribution >= 4 is 16.9 Å². The summed E-state index contributed by atoms with van der Waals surface area (Å²) in [5.41, 5.74) is 0.717. The first kappa shape index (κ1) is 22.2. The van der Waals surface area contributed by atoms with E-state index in [4.69, 9.17) is 9.15 Å². The maximum atomic E-state index is 12.7. The zero-order chi connectivity index (χ0) is 21.6. The van der Waals surface area contributed by atoms with Crippen LogP contribution in [0.5, 0.6) is 5.75 Å². The van der Waals surface area contributed by atoms with Crippen molar-refractivity contribution in [3.05, 3.63) is 30.0 Å². The van der Waals surface area contributed by atoms with Gasteiger partial charge in [0.05, 0.1) is 6.61 Å². The molecule has 3 heterocycles. The highest BCUT2D eigenvalue weighted by Gasteiger charge is 2.23. The van der Waals surface area contributed by atoms with Crippen molar-refractivity contribution in [2.24, 2.45) is 5.92 Å². The quantitative estimate of drug-likeness (QED) is 0.686. The van der Waals surface area contributed by atoms with Crippen molar-refractivity contribution in [1.82, 2.24) is 15.1 Å². The van der Waals surface area contributed by atoms with E-state index in [9.17, 15) is 4.79 Å². The number of nitrogens with one attached hydrogen (secondary N) is 1. The van der Waals surface area contributed by atoms with Crippen LogP contribution in [0, 0.1) is 5.92 Å². The molecule has 0 saturated carbocycles. The first-order valence-corrected chi connectivity index (χ1v) is 12.0. The molecule has 2 fully saturated rings. The molecule has 2 aliphatic heterocycles. The number of fused-ring (bicyclic) bond motifs is 1. The lowest BCUT2D eigenvalue weighted by atomic mass is 10.0. The van der Waals surface area contributed by atoms with E-state index in [0.717, 1.165) is 49.2 Å². The molecule has 1 amide bonds. The molecular weight excluding hydrogens is 390 g/mol. The van der Waals surface area contributed by atoms with Crippen molar-refractivity contribution in [2.75, 3.05) is 45.9 Å². The normalized spacial score (nSPS) is 19.2. The summed E-state index contributed by atoms with van der Waals surface area (Å²) in [7, 11) is 0. The SMILES string of the molecule is CC(C)COc1ccc2oc(C(=O)NC3CCN(CCN4CCCCC4)CC3)cc2c1. The summed E-state index contributed by atoms with van der Waals surface area (Å²) < 4.78 is 11.6. The number of piperidine rings is 2. The Bertz CT molecular complexity index is 849. The highest BCUT2D eigenvalue weighted by molar-refractivity contribution is 5.96. The Morgan fingerprint density at radius 1 is 1.06 bits per heavy atom. The van der Waals surface area contributed by atoms with Gasteiger partial charge in [0.25, 0.3) is 5.91 Å². The van der Waals surface area contributed by atoms with Crippen LogP contribution in [-0.4, -0.2) is 67.6 Å². The topological polar surface area (TPSA) is 58.0 Å². The number of likely N-dealkylation sites (tertiary alicyclic amines) is 2. The van der Waals surface area contributed by atoms with Gasteiger partial charge in [-0.05, 0) is 69.0 Å². The Labute approximate surface area is 185 Å². The van der Waals surface area contributed by atoms with E-state index >= 15 is 0 Å². The lowest BCUT2D eigenvalue weighted by Crippen LogP contribution is -2.46. The minimum absolute atomic E-state index is 0.118. The maximum Gasteiger partial charge on any atom is 0.287 e. The molecule has 2 aromatic rings. The van der Waals surface area contributed by atoms with Crippen LogP contribution in [0.25, 0.3) is 11.0 Å². The molecule has 31 heavy (non-hydrogen) atoms. The van der Waals surface area contributed by atoms with Crippen molar-refractivity contribution in [3.8, 4) is 5.75 Å². The van der Waals surface area contributed by atoms with Crippen molar-refractivity contribution in [1.29, 1.82) is 0 Å². The van der Waals surface area contributed by atoms with Gasteiger partial charge in [0.2, 0.25) is 0 Å². The molecule has 2 aliphatic rings. The predicted octanol–water partition coefficient (Wildman–Crippen LogP) is 4.15. The van der Waals surface area contributed by atoms with Gasteiger partial charge in [-0.3, -0.25) is 4.79 Å². The van der Waals surface area contributed by atoms with Crippen LogP contribution in [0.4, 0.5) is 0 Å². The van der Waals surface area contributed by atoms with Gasteiger partial charge in [0.15, 0.2) is 5.76 Å². The lowest BCUT2D eigenvalue weighted by Gasteiger charge is -2.34. The van der Waals surface area contributed by atoms with E-state index in [1.54, 1.807) is 0 Å². The Morgan fingerprint density at radius 3 is 2.48 bits per heavy atom. The molecular formula is C25H37N3O3. The van der Waals surface area contributed by atoms with E-state index in [1.807, 2.05) is 24.3 Å². The summed E-state index contributed by atoms with van der Waals surface area (Å²) in [5.74, 6) is 1.54. The average molecular weight is 428 g/mol. The number of carbonyl (C=O) groups is 1. The second-order valence-corrected chi connectivity index (χ2v) is 9.51. The largest absolute Gasteiger partial charge is 0.493 e. The smallest absolute Gasteiger partial charge is 0.287 e. The van der Waals surface area contributed by atoms with E-state index in [-0.39, 0.29) is 11.9 Å². The first-order valence-electron chi connectivity index (χ1n) is 12.0. The molecule has 4 rings (SSSR count). The number of nitrogens with zero attached hydrogens (tertiary/aromatic N) is 2. The molecule has 1 N–H and O–H groups in total. The van der Waals surface area contributed by atoms with Gasteiger partial charge in [-0.2, -0.15) is 0 Å². The number of ether oxygens (including phenoxy) is 1. The van der Waals surface area contributed by atoms with Gasteiger partial charge in [0.1, 0.15) is 11.3 Å². The number of furan rings is 1. The van der Waals surface area contributed by atoms with Crippen LogP contribution in [-0.2, 0) is 0 Å².